The van der Waals surface area contributed by atoms with E-state index >= 15 is 0 Å². The molecule has 1 aliphatic rings. The van der Waals surface area contributed by atoms with Crippen LogP contribution in [0.2, 0.25) is 0 Å². The van der Waals surface area contributed by atoms with Gasteiger partial charge in [0.2, 0.25) is 11.8 Å². The molecule has 0 bridgehead atoms. The Balaban J connectivity index is 2.02. The van der Waals surface area contributed by atoms with Gasteiger partial charge in [-0.05, 0) is 26.3 Å². The van der Waals surface area contributed by atoms with Crippen LogP contribution in [0.15, 0.2) is 12.4 Å². The first-order valence-electron chi connectivity index (χ1n) is 6.60. The summed E-state index contributed by atoms with van der Waals surface area (Å²) in [5, 5.41) is 4.16. The number of hydrogen-bond acceptors (Lipinski definition) is 3. The summed E-state index contributed by atoms with van der Waals surface area (Å²) in [5.74, 6) is -0.0295. The van der Waals surface area contributed by atoms with Crippen molar-refractivity contribution >= 4 is 11.8 Å². The molecule has 1 aliphatic heterocycles. The third-order valence-electron chi connectivity index (χ3n) is 3.50. The normalized spacial score (nSPS) is 17.7. The molecule has 2 heterocycles. The first kappa shape index (κ1) is 13.6. The zero-order valence-electron chi connectivity index (χ0n) is 11.7. The van der Waals surface area contributed by atoms with Crippen molar-refractivity contribution in [2.75, 3.05) is 26.2 Å². The molecule has 0 aromatic carbocycles. The predicted octanol–water partition coefficient (Wildman–Crippen LogP) is 0.443. The monoisotopic (exact) mass is 264 g/mol. The summed E-state index contributed by atoms with van der Waals surface area (Å²) >= 11 is 0. The van der Waals surface area contributed by atoms with Crippen molar-refractivity contribution in [2.24, 2.45) is 0 Å². The molecule has 0 radical (unpaired) electrons. The molecule has 0 spiro atoms. The van der Waals surface area contributed by atoms with Gasteiger partial charge < -0.3 is 9.80 Å². The Morgan fingerprint density at radius 3 is 2.74 bits per heavy atom. The van der Waals surface area contributed by atoms with Gasteiger partial charge in [0.1, 0.15) is 6.04 Å². The Kier molecular flexibility index (Phi) is 3.87. The van der Waals surface area contributed by atoms with Crippen molar-refractivity contribution in [1.82, 2.24) is 19.6 Å². The highest BCUT2D eigenvalue weighted by Crippen LogP contribution is 2.13. The van der Waals surface area contributed by atoms with Gasteiger partial charge in [0.05, 0.1) is 12.7 Å². The first-order valence-corrected chi connectivity index (χ1v) is 6.60. The van der Waals surface area contributed by atoms with E-state index in [9.17, 15) is 9.59 Å². The van der Waals surface area contributed by atoms with Gasteiger partial charge in [-0.2, -0.15) is 5.10 Å². The summed E-state index contributed by atoms with van der Waals surface area (Å²) < 4.78 is 1.65. The smallest absolute Gasteiger partial charge is 0.247 e. The molecule has 1 aromatic rings. The summed E-state index contributed by atoms with van der Waals surface area (Å²) in [6.07, 6.45) is 3.57. The lowest BCUT2D eigenvalue weighted by molar-refractivity contribution is -0.146. The Labute approximate surface area is 113 Å². The minimum absolute atomic E-state index is 0.0194. The van der Waals surface area contributed by atoms with Gasteiger partial charge in [-0.3, -0.25) is 14.3 Å². The van der Waals surface area contributed by atoms with Crippen LogP contribution in [0, 0.1) is 6.92 Å². The zero-order chi connectivity index (χ0) is 14.0. The van der Waals surface area contributed by atoms with Crippen LogP contribution in [-0.2, 0) is 9.59 Å². The Morgan fingerprint density at radius 2 is 2.21 bits per heavy atom. The number of aromatic nitrogens is 2. The van der Waals surface area contributed by atoms with Crippen LogP contribution >= 0.6 is 0 Å². The zero-order valence-corrected chi connectivity index (χ0v) is 11.7. The van der Waals surface area contributed by atoms with E-state index in [0.29, 0.717) is 19.6 Å². The highest BCUT2D eigenvalue weighted by atomic mass is 16.2. The maximum absolute atomic E-state index is 12.3. The number of nitrogens with zero attached hydrogens (tertiary/aromatic N) is 4. The lowest BCUT2D eigenvalue weighted by Gasteiger charge is -2.34. The third kappa shape index (κ3) is 2.77. The molecule has 1 saturated heterocycles. The van der Waals surface area contributed by atoms with Gasteiger partial charge in [-0.1, -0.05) is 0 Å². The number of hydrogen-bond donors (Lipinski definition) is 0. The Bertz CT molecular complexity index is 483. The molecule has 2 amide bonds. The molecule has 6 nitrogen and oxygen atoms in total. The summed E-state index contributed by atoms with van der Waals surface area (Å²) in [7, 11) is 0. The SMILES string of the molecule is CCN1CCN(C(=O)C(C)n2cc(C)cn2)CC1=O. The molecule has 2 rings (SSSR count). The van der Waals surface area contributed by atoms with Crippen molar-refractivity contribution in [3.8, 4) is 0 Å². The molecule has 0 saturated carbocycles. The van der Waals surface area contributed by atoms with E-state index in [4.69, 9.17) is 0 Å². The molecule has 19 heavy (non-hydrogen) atoms. The second kappa shape index (κ2) is 5.42. The van der Waals surface area contributed by atoms with E-state index < -0.39 is 0 Å². The van der Waals surface area contributed by atoms with Crippen molar-refractivity contribution in [2.45, 2.75) is 26.8 Å². The molecular formula is C13H20N4O2. The largest absolute Gasteiger partial charge is 0.340 e. The fourth-order valence-electron chi connectivity index (χ4n) is 2.25. The van der Waals surface area contributed by atoms with E-state index in [1.165, 1.54) is 0 Å². The lowest BCUT2D eigenvalue weighted by Crippen LogP contribution is -2.53. The fraction of sp³-hybridized carbons (Fsp3) is 0.615. The van der Waals surface area contributed by atoms with Crippen LogP contribution in [0.25, 0.3) is 0 Å². The molecule has 6 heteroatoms. The summed E-state index contributed by atoms with van der Waals surface area (Å²) in [6, 6.07) is -0.366. The average Bonchev–Trinajstić information content (AvgIpc) is 2.83. The third-order valence-corrected chi connectivity index (χ3v) is 3.50. The number of likely N-dealkylation sites (N-methyl/N-ethyl adjacent to an activating group) is 1. The molecule has 1 aromatic heterocycles. The number of amides is 2. The number of carbonyl (C=O) groups excluding carboxylic acids is 2. The average molecular weight is 264 g/mol. The van der Waals surface area contributed by atoms with E-state index in [-0.39, 0.29) is 24.4 Å². The quantitative estimate of drug-likeness (QED) is 0.796. The van der Waals surface area contributed by atoms with Gasteiger partial charge >= 0.3 is 0 Å². The molecular weight excluding hydrogens is 244 g/mol. The summed E-state index contributed by atoms with van der Waals surface area (Å²) in [4.78, 5) is 27.5. The van der Waals surface area contributed by atoms with Crippen LogP contribution in [-0.4, -0.2) is 57.6 Å². The van der Waals surface area contributed by atoms with Crippen LogP contribution < -0.4 is 0 Å². The number of aryl methyl sites for hydroxylation is 1. The molecule has 104 valence electrons. The Hall–Kier alpha value is -1.85. The lowest BCUT2D eigenvalue weighted by atomic mass is 10.2. The second-order valence-electron chi connectivity index (χ2n) is 4.91. The van der Waals surface area contributed by atoms with E-state index in [0.717, 1.165) is 5.56 Å². The maximum Gasteiger partial charge on any atom is 0.247 e. The van der Waals surface area contributed by atoms with Crippen LogP contribution in [0.3, 0.4) is 0 Å². The molecule has 0 N–H and O–H groups in total. The van der Waals surface area contributed by atoms with Crippen LogP contribution in [0.5, 0.6) is 0 Å². The van der Waals surface area contributed by atoms with Crippen molar-refractivity contribution < 1.29 is 9.59 Å². The van der Waals surface area contributed by atoms with E-state index in [2.05, 4.69) is 5.10 Å². The van der Waals surface area contributed by atoms with Gasteiger partial charge in [0, 0.05) is 25.8 Å². The topological polar surface area (TPSA) is 58.4 Å². The first-order chi connectivity index (χ1) is 9.02. The number of rotatable bonds is 3. The van der Waals surface area contributed by atoms with E-state index in [1.807, 2.05) is 27.0 Å². The minimum Gasteiger partial charge on any atom is -0.340 e. The second-order valence-corrected chi connectivity index (χ2v) is 4.91. The van der Waals surface area contributed by atoms with Crippen LogP contribution in [0.4, 0.5) is 0 Å². The fourth-order valence-corrected chi connectivity index (χ4v) is 2.25. The van der Waals surface area contributed by atoms with Crippen molar-refractivity contribution in [3.63, 3.8) is 0 Å². The van der Waals surface area contributed by atoms with Gasteiger partial charge in [-0.25, -0.2) is 0 Å². The number of carbonyl (C=O) groups is 2. The summed E-state index contributed by atoms with van der Waals surface area (Å²) in [6.45, 7) is 7.79. The Morgan fingerprint density at radius 1 is 1.47 bits per heavy atom. The predicted molar refractivity (Wildman–Crippen MR) is 70.5 cm³/mol. The maximum atomic E-state index is 12.3. The van der Waals surface area contributed by atoms with Crippen molar-refractivity contribution in [1.29, 1.82) is 0 Å². The van der Waals surface area contributed by atoms with Crippen molar-refractivity contribution in [3.05, 3.63) is 18.0 Å². The van der Waals surface area contributed by atoms with E-state index in [1.54, 1.807) is 20.7 Å². The van der Waals surface area contributed by atoms with Crippen LogP contribution in [0.1, 0.15) is 25.5 Å². The molecule has 0 aliphatic carbocycles. The van der Waals surface area contributed by atoms with Gasteiger partial charge in [0.25, 0.3) is 0 Å². The standard InChI is InChI=1S/C13H20N4O2/c1-4-15-5-6-16(9-12(15)18)13(19)11(3)17-8-10(2)7-14-17/h7-8,11H,4-6,9H2,1-3H3. The highest BCUT2D eigenvalue weighted by Gasteiger charge is 2.29. The van der Waals surface area contributed by atoms with Gasteiger partial charge in [-0.15, -0.1) is 0 Å². The molecule has 1 fully saturated rings. The minimum atomic E-state index is -0.366. The number of piperazine rings is 1. The van der Waals surface area contributed by atoms with Gasteiger partial charge in [0.15, 0.2) is 0 Å². The summed E-state index contributed by atoms with van der Waals surface area (Å²) in [5.41, 5.74) is 1.02. The highest BCUT2D eigenvalue weighted by molar-refractivity contribution is 5.87. The molecule has 1 unspecified atom stereocenters. The molecule has 1 atom stereocenters.